The molecule has 1 heterocycles. The largest absolute Gasteiger partial charge is 0.354 e. The minimum atomic E-state index is -0.589. The van der Waals surface area contributed by atoms with Crippen LogP contribution in [0, 0.1) is 0 Å². The van der Waals surface area contributed by atoms with Gasteiger partial charge in [-0.2, -0.15) is 11.3 Å². The van der Waals surface area contributed by atoms with Gasteiger partial charge in [-0.1, -0.05) is 30.3 Å². The number of rotatable bonds is 5. The third-order valence-electron chi connectivity index (χ3n) is 2.73. The van der Waals surface area contributed by atoms with E-state index in [0.29, 0.717) is 6.54 Å². The number of hydrogen-bond donors (Lipinski definition) is 2. The molecule has 1 amide bonds. The van der Waals surface area contributed by atoms with E-state index in [2.05, 4.69) is 16.8 Å². The Bertz CT molecular complexity index is 482. The lowest BCUT2D eigenvalue weighted by atomic mass is 10.1. The Balaban J connectivity index is 1.81. The van der Waals surface area contributed by atoms with Crippen molar-refractivity contribution in [2.45, 2.75) is 12.5 Å². The summed E-state index contributed by atoms with van der Waals surface area (Å²) in [6, 6.07) is 10.9. The van der Waals surface area contributed by atoms with Gasteiger partial charge in [0, 0.05) is 6.54 Å². The zero-order valence-corrected chi connectivity index (χ0v) is 10.8. The van der Waals surface area contributed by atoms with Crippen molar-refractivity contribution in [1.82, 2.24) is 5.32 Å². The average Bonchev–Trinajstić information content (AvgIpc) is 2.92. The van der Waals surface area contributed by atoms with Crippen LogP contribution in [0.15, 0.2) is 47.2 Å². The summed E-state index contributed by atoms with van der Waals surface area (Å²) in [6.07, 6.45) is 0.844. The molecule has 0 fully saturated rings. The Labute approximate surface area is 111 Å². The summed E-state index contributed by atoms with van der Waals surface area (Å²) in [5.74, 6) is -0.128. The predicted octanol–water partition coefficient (Wildman–Crippen LogP) is 2.11. The van der Waals surface area contributed by atoms with Gasteiger partial charge in [0.25, 0.3) is 0 Å². The van der Waals surface area contributed by atoms with Gasteiger partial charge in [-0.15, -0.1) is 0 Å². The zero-order valence-electron chi connectivity index (χ0n) is 10.0. The second kappa shape index (κ2) is 6.33. The Kier molecular flexibility index (Phi) is 4.50. The molecular weight excluding hydrogens is 244 g/mol. The molecule has 0 aliphatic carbocycles. The molecule has 1 atom stereocenters. The fraction of sp³-hybridized carbons (Fsp3) is 0.214. The Morgan fingerprint density at radius 2 is 2.06 bits per heavy atom. The topological polar surface area (TPSA) is 55.1 Å². The smallest absolute Gasteiger partial charge is 0.241 e. The molecule has 1 unspecified atom stereocenters. The molecule has 4 heteroatoms. The first-order valence-electron chi connectivity index (χ1n) is 5.86. The molecule has 0 aliphatic heterocycles. The number of thiophene rings is 1. The summed E-state index contributed by atoms with van der Waals surface area (Å²) >= 11 is 1.66. The Morgan fingerprint density at radius 1 is 1.28 bits per heavy atom. The first-order chi connectivity index (χ1) is 8.77. The van der Waals surface area contributed by atoms with Crippen LogP contribution in [-0.4, -0.2) is 12.5 Å². The number of carbonyl (C=O) groups excluding carboxylic acids is 1. The Hall–Kier alpha value is -1.65. The van der Waals surface area contributed by atoms with Gasteiger partial charge in [0.1, 0.15) is 6.04 Å². The van der Waals surface area contributed by atoms with E-state index in [1.165, 1.54) is 5.56 Å². The van der Waals surface area contributed by atoms with Crippen LogP contribution >= 0.6 is 11.3 Å². The first-order valence-corrected chi connectivity index (χ1v) is 6.81. The van der Waals surface area contributed by atoms with Crippen LogP contribution in [0.3, 0.4) is 0 Å². The molecule has 1 aromatic carbocycles. The highest BCUT2D eigenvalue weighted by molar-refractivity contribution is 7.07. The SMILES string of the molecule is NC(C(=O)NCCc1ccsc1)c1ccccc1. The predicted molar refractivity (Wildman–Crippen MR) is 74.4 cm³/mol. The van der Waals surface area contributed by atoms with E-state index in [0.717, 1.165) is 12.0 Å². The lowest BCUT2D eigenvalue weighted by molar-refractivity contribution is -0.122. The molecule has 0 saturated carbocycles. The van der Waals surface area contributed by atoms with E-state index in [1.807, 2.05) is 35.7 Å². The average molecular weight is 260 g/mol. The fourth-order valence-electron chi connectivity index (χ4n) is 1.69. The lowest BCUT2D eigenvalue weighted by Gasteiger charge is -2.12. The molecule has 1 aromatic heterocycles. The van der Waals surface area contributed by atoms with Crippen molar-refractivity contribution in [3.63, 3.8) is 0 Å². The van der Waals surface area contributed by atoms with Crippen LogP contribution in [0.25, 0.3) is 0 Å². The molecule has 0 saturated heterocycles. The molecule has 3 nitrogen and oxygen atoms in total. The molecule has 94 valence electrons. The summed E-state index contributed by atoms with van der Waals surface area (Å²) in [4.78, 5) is 11.8. The van der Waals surface area contributed by atoms with Gasteiger partial charge < -0.3 is 11.1 Å². The molecule has 18 heavy (non-hydrogen) atoms. The third-order valence-corrected chi connectivity index (χ3v) is 3.47. The van der Waals surface area contributed by atoms with Crippen molar-refractivity contribution in [2.75, 3.05) is 6.54 Å². The van der Waals surface area contributed by atoms with Crippen molar-refractivity contribution in [2.24, 2.45) is 5.73 Å². The number of amides is 1. The molecule has 3 N–H and O–H groups in total. The second-order valence-corrected chi connectivity index (χ2v) is 4.84. The van der Waals surface area contributed by atoms with E-state index in [4.69, 9.17) is 5.73 Å². The maximum Gasteiger partial charge on any atom is 0.241 e. The van der Waals surface area contributed by atoms with E-state index in [1.54, 1.807) is 11.3 Å². The summed E-state index contributed by atoms with van der Waals surface area (Å²) in [6.45, 7) is 0.621. The minimum Gasteiger partial charge on any atom is -0.354 e. The van der Waals surface area contributed by atoms with Crippen LogP contribution in [0.4, 0.5) is 0 Å². The van der Waals surface area contributed by atoms with Crippen molar-refractivity contribution >= 4 is 17.2 Å². The highest BCUT2D eigenvalue weighted by Gasteiger charge is 2.14. The van der Waals surface area contributed by atoms with Crippen LogP contribution in [0.1, 0.15) is 17.2 Å². The van der Waals surface area contributed by atoms with Crippen LogP contribution in [0.2, 0.25) is 0 Å². The van der Waals surface area contributed by atoms with Crippen LogP contribution in [0.5, 0.6) is 0 Å². The number of nitrogens with two attached hydrogens (primary N) is 1. The monoisotopic (exact) mass is 260 g/mol. The van der Waals surface area contributed by atoms with E-state index in [-0.39, 0.29) is 5.91 Å². The molecule has 2 rings (SSSR count). The van der Waals surface area contributed by atoms with Crippen molar-refractivity contribution < 1.29 is 4.79 Å². The molecule has 2 aromatic rings. The first kappa shape index (κ1) is 12.8. The van der Waals surface area contributed by atoms with Gasteiger partial charge in [0.05, 0.1) is 0 Å². The van der Waals surface area contributed by atoms with Gasteiger partial charge in [-0.05, 0) is 34.4 Å². The van der Waals surface area contributed by atoms with Crippen molar-refractivity contribution in [3.05, 3.63) is 58.3 Å². The lowest BCUT2D eigenvalue weighted by Crippen LogP contribution is -2.35. The maximum atomic E-state index is 11.8. The van der Waals surface area contributed by atoms with Crippen molar-refractivity contribution in [1.29, 1.82) is 0 Å². The van der Waals surface area contributed by atoms with Gasteiger partial charge in [-0.25, -0.2) is 0 Å². The summed E-state index contributed by atoms with van der Waals surface area (Å²) in [7, 11) is 0. The van der Waals surface area contributed by atoms with Gasteiger partial charge in [0.2, 0.25) is 5.91 Å². The van der Waals surface area contributed by atoms with E-state index >= 15 is 0 Å². The number of carbonyl (C=O) groups is 1. The van der Waals surface area contributed by atoms with Crippen LogP contribution < -0.4 is 11.1 Å². The minimum absolute atomic E-state index is 0.128. The summed E-state index contributed by atoms with van der Waals surface area (Å²) in [5, 5.41) is 6.98. The van der Waals surface area contributed by atoms with Gasteiger partial charge >= 0.3 is 0 Å². The fourth-order valence-corrected chi connectivity index (χ4v) is 2.39. The standard InChI is InChI=1S/C14H16N2OS/c15-13(12-4-2-1-3-5-12)14(17)16-8-6-11-7-9-18-10-11/h1-5,7,9-10,13H,6,8,15H2,(H,16,17). The quantitative estimate of drug-likeness (QED) is 0.865. The molecule has 0 aliphatic rings. The van der Waals surface area contributed by atoms with E-state index in [9.17, 15) is 4.79 Å². The molecule has 0 bridgehead atoms. The van der Waals surface area contributed by atoms with Gasteiger partial charge in [-0.3, -0.25) is 4.79 Å². The third kappa shape index (κ3) is 3.42. The summed E-state index contributed by atoms with van der Waals surface area (Å²) in [5.41, 5.74) is 7.97. The zero-order chi connectivity index (χ0) is 12.8. The highest BCUT2D eigenvalue weighted by atomic mass is 32.1. The van der Waals surface area contributed by atoms with Crippen LogP contribution in [-0.2, 0) is 11.2 Å². The summed E-state index contributed by atoms with van der Waals surface area (Å²) < 4.78 is 0. The van der Waals surface area contributed by atoms with E-state index < -0.39 is 6.04 Å². The number of hydrogen-bond acceptors (Lipinski definition) is 3. The molecule has 0 spiro atoms. The molecular formula is C14H16N2OS. The Morgan fingerprint density at radius 3 is 2.72 bits per heavy atom. The number of benzene rings is 1. The second-order valence-electron chi connectivity index (χ2n) is 4.06. The maximum absolute atomic E-state index is 11.8. The van der Waals surface area contributed by atoms with Gasteiger partial charge in [0.15, 0.2) is 0 Å². The molecule has 0 radical (unpaired) electrons. The number of nitrogens with one attached hydrogen (secondary N) is 1. The van der Waals surface area contributed by atoms with Crippen molar-refractivity contribution in [3.8, 4) is 0 Å². The highest BCUT2D eigenvalue weighted by Crippen LogP contribution is 2.09. The normalized spacial score (nSPS) is 12.1.